The van der Waals surface area contributed by atoms with Crippen LogP contribution < -0.4 is 9.62 Å². The number of nitrogens with one attached hydrogen (secondary N) is 1. The number of nitrogens with zero attached hydrogens (tertiary/aromatic N) is 2. The van der Waals surface area contributed by atoms with Crippen molar-refractivity contribution in [1.29, 1.82) is 0 Å². The molecule has 0 atom stereocenters. The molecule has 0 aliphatic carbocycles. The van der Waals surface area contributed by atoms with Crippen LogP contribution in [-0.2, 0) is 21.2 Å². The van der Waals surface area contributed by atoms with Crippen molar-refractivity contribution in [3.05, 3.63) is 59.2 Å². The number of hydrogen-bond donors (Lipinski definition) is 1. The summed E-state index contributed by atoms with van der Waals surface area (Å²) in [4.78, 5) is 17.2. The summed E-state index contributed by atoms with van der Waals surface area (Å²) in [6.07, 6.45) is 1.79. The lowest BCUT2D eigenvalue weighted by molar-refractivity contribution is -0.131. The van der Waals surface area contributed by atoms with Crippen LogP contribution in [-0.4, -0.2) is 51.9 Å². The monoisotopic (exact) mass is 443 g/mol. The molecular weight excluding hydrogens is 410 g/mol. The molecule has 168 valence electrons. The molecule has 0 aromatic heterocycles. The van der Waals surface area contributed by atoms with Crippen molar-refractivity contribution in [2.75, 3.05) is 37.6 Å². The van der Waals surface area contributed by atoms with Crippen LogP contribution in [0.5, 0.6) is 0 Å². The molecule has 0 bridgehead atoms. The molecule has 1 heterocycles. The van der Waals surface area contributed by atoms with E-state index in [4.69, 9.17) is 0 Å². The van der Waals surface area contributed by atoms with Gasteiger partial charge in [-0.15, -0.1) is 0 Å². The third-order valence-corrected chi connectivity index (χ3v) is 7.43. The lowest BCUT2D eigenvalue weighted by Crippen LogP contribution is -2.49. The Morgan fingerprint density at radius 2 is 1.68 bits per heavy atom. The third kappa shape index (κ3) is 5.86. The molecule has 0 unspecified atom stereocenters. The molecule has 1 fully saturated rings. The van der Waals surface area contributed by atoms with Crippen LogP contribution in [0.1, 0.15) is 36.5 Å². The van der Waals surface area contributed by atoms with E-state index in [9.17, 15) is 13.2 Å². The second kappa shape index (κ2) is 10.3. The van der Waals surface area contributed by atoms with Gasteiger partial charge in [-0.25, -0.2) is 13.1 Å². The first-order valence-electron chi connectivity index (χ1n) is 11.0. The van der Waals surface area contributed by atoms with E-state index in [1.807, 2.05) is 11.8 Å². The van der Waals surface area contributed by atoms with Crippen LogP contribution in [0.15, 0.2) is 47.4 Å². The molecule has 1 amide bonds. The zero-order chi connectivity index (χ0) is 22.4. The van der Waals surface area contributed by atoms with Gasteiger partial charge in [0.1, 0.15) is 0 Å². The van der Waals surface area contributed by atoms with Gasteiger partial charge in [0, 0.05) is 44.8 Å². The fourth-order valence-electron chi connectivity index (χ4n) is 3.84. The van der Waals surface area contributed by atoms with E-state index < -0.39 is 10.0 Å². The fraction of sp³-hybridized carbons (Fsp3) is 0.458. The molecule has 1 aliphatic heterocycles. The highest BCUT2D eigenvalue weighted by Crippen LogP contribution is 2.24. The zero-order valence-corrected chi connectivity index (χ0v) is 19.5. The first-order chi connectivity index (χ1) is 14.8. The van der Waals surface area contributed by atoms with E-state index in [1.165, 1.54) is 16.8 Å². The number of carbonyl (C=O) groups excluding carboxylic acids is 1. The van der Waals surface area contributed by atoms with Gasteiger partial charge in [-0.1, -0.05) is 31.2 Å². The van der Waals surface area contributed by atoms with Crippen LogP contribution in [0.3, 0.4) is 0 Å². The summed E-state index contributed by atoms with van der Waals surface area (Å²) in [6.45, 7) is 9.77. The Morgan fingerprint density at radius 3 is 2.32 bits per heavy atom. The molecule has 0 radical (unpaired) electrons. The van der Waals surface area contributed by atoms with Crippen molar-refractivity contribution < 1.29 is 13.2 Å². The molecule has 7 heteroatoms. The zero-order valence-electron chi connectivity index (χ0n) is 18.7. The smallest absolute Gasteiger partial charge is 0.240 e. The molecule has 1 aliphatic rings. The van der Waals surface area contributed by atoms with Gasteiger partial charge in [-0.2, -0.15) is 0 Å². The quantitative estimate of drug-likeness (QED) is 0.680. The number of rotatable bonds is 8. The molecule has 3 rings (SSSR count). The predicted octanol–water partition coefficient (Wildman–Crippen LogP) is 3.27. The van der Waals surface area contributed by atoms with Crippen LogP contribution in [0, 0.1) is 13.8 Å². The minimum Gasteiger partial charge on any atom is -0.368 e. The molecule has 1 N–H and O–H groups in total. The van der Waals surface area contributed by atoms with Gasteiger partial charge in [0.2, 0.25) is 15.9 Å². The molecular formula is C24H33N3O3S. The average molecular weight is 444 g/mol. The lowest BCUT2D eigenvalue weighted by atomic mass is 10.1. The number of anilines is 1. The summed E-state index contributed by atoms with van der Waals surface area (Å²) < 4.78 is 26.9. The molecule has 2 aromatic carbocycles. The number of benzene rings is 2. The van der Waals surface area contributed by atoms with Crippen LogP contribution in [0.25, 0.3) is 0 Å². The maximum Gasteiger partial charge on any atom is 0.240 e. The van der Waals surface area contributed by atoms with E-state index in [1.54, 1.807) is 24.3 Å². The Morgan fingerprint density at radius 1 is 1.00 bits per heavy atom. The number of aryl methyl sites for hydroxylation is 2. The number of amides is 1. The summed E-state index contributed by atoms with van der Waals surface area (Å²) in [7, 11) is -3.45. The summed E-state index contributed by atoms with van der Waals surface area (Å²) in [6, 6.07) is 13.2. The first kappa shape index (κ1) is 23.3. The number of carbonyl (C=O) groups is 1. The molecule has 0 saturated carbocycles. The van der Waals surface area contributed by atoms with Crippen molar-refractivity contribution in [1.82, 2.24) is 9.62 Å². The highest BCUT2D eigenvalue weighted by Gasteiger charge is 2.22. The van der Waals surface area contributed by atoms with Crippen molar-refractivity contribution >= 4 is 21.6 Å². The fourth-order valence-corrected chi connectivity index (χ4v) is 4.97. The van der Waals surface area contributed by atoms with Crippen LogP contribution in [0.2, 0.25) is 0 Å². The normalized spacial score (nSPS) is 14.7. The van der Waals surface area contributed by atoms with Gasteiger partial charge in [0.25, 0.3) is 0 Å². The molecule has 1 saturated heterocycles. The number of sulfonamides is 1. The topological polar surface area (TPSA) is 69.7 Å². The van der Waals surface area contributed by atoms with Gasteiger partial charge in [-0.05, 0) is 61.6 Å². The summed E-state index contributed by atoms with van der Waals surface area (Å²) in [5.41, 5.74) is 4.82. The van der Waals surface area contributed by atoms with Gasteiger partial charge < -0.3 is 9.80 Å². The average Bonchev–Trinajstić information content (AvgIpc) is 2.78. The van der Waals surface area contributed by atoms with Gasteiger partial charge >= 0.3 is 0 Å². The second-order valence-corrected chi connectivity index (χ2v) is 9.90. The molecule has 0 spiro atoms. The second-order valence-electron chi connectivity index (χ2n) is 8.13. The summed E-state index contributed by atoms with van der Waals surface area (Å²) in [5.74, 6) is 0.155. The van der Waals surface area contributed by atoms with E-state index >= 15 is 0 Å². The minimum atomic E-state index is -3.45. The van der Waals surface area contributed by atoms with Crippen LogP contribution >= 0.6 is 0 Å². The largest absolute Gasteiger partial charge is 0.368 e. The van der Waals surface area contributed by atoms with Gasteiger partial charge in [0.15, 0.2) is 0 Å². The van der Waals surface area contributed by atoms with Crippen molar-refractivity contribution in [3.8, 4) is 0 Å². The molecule has 2 aromatic rings. The van der Waals surface area contributed by atoms with Gasteiger partial charge in [-0.3, -0.25) is 4.79 Å². The highest BCUT2D eigenvalue weighted by atomic mass is 32.2. The van der Waals surface area contributed by atoms with Crippen molar-refractivity contribution in [2.45, 2.75) is 44.9 Å². The Kier molecular flexibility index (Phi) is 7.73. The first-order valence-corrected chi connectivity index (χ1v) is 12.5. The molecule has 31 heavy (non-hydrogen) atoms. The SMILES string of the molecule is CCCNS(=O)(=O)c1ccc(CCC(=O)N2CCN(c3cccc(C)c3C)CC2)cc1. The number of piperazine rings is 1. The van der Waals surface area contributed by atoms with E-state index in [-0.39, 0.29) is 10.8 Å². The summed E-state index contributed by atoms with van der Waals surface area (Å²) >= 11 is 0. The van der Waals surface area contributed by atoms with E-state index in [2.05, 4.69) is 41.7 Å². The summed E-state index contributed by atoms with van der Waals surface area (Å²) in [5, 5.41) is 0. The molecule has 6 nitrogen and oxygen atoms in total. The highest BCUT2D eigenvalue weighted by molar-refractivity contribution is 7.89. The maximum atomic E-state index is 12.7. The van der Waals surface area contributed by atoms with E-state index in [0.717, 1.165) is 38.2 Å². The van der Waals surface area contributed by atoms with Crippen LogP contribution in [0.4, 0.5) is 5.69 Å². The lowest BCUT2D eigenvalue weighted by Gasteiger charge is -2.37. The maximum absolute atomic E-state index is 12.7. The third-order valence-electron chi connectivity index (χ3n) is 5.95. The standard InChI is InChI=1S/C24H33N3O3S/c1-4-14-25-31(29,30)22-11-8-21(9-12-22)10-13-24(28)27-17-15-26(16-18-27)23-7-5-6-19(2)20(23)3/h5-9,11-12,25H,4,10,13-18H2,1-3H3. The Balaban J connectivity index is 1.50. The minimum absolute atomic E-state index is 0.155. The Labute approximate surface area is 186 Å². The number of hydrogen-bond acceptors (Lipinski definition) is 4. The predicted molar refractivity (Wildman–Crippen MR) is 125 cm³/mol. The van der Waals surface area contributed by atoms with Gasteiger partial charge in [0.05, 0.1) is 4.90 Å². The Bertz CT molecular complexity index is 995. The van der Waals surface area contributed by atoms with Crippen molar-refractivity contribution in [3.63, 3.8) is 0 Å². The Hall–Kier alpha value is -2.38. The van der Waals surface area contributed by atoms with Crippen molar-refractivity contribution in [2.24, 2.45) is 0 Å². The van der Waals surface area contributed by atoms with E-state index in [0.29, 0.717) is 19.4 Å².